The molecule has 1 aliphatic rings. The number of pyridine rings is 1. The molecule has 3 heteroatoms. The summed E-state index contributed by atoms with van der Waals surface area (Å²) >= 11 is 1.66. The molecule has 2 N–H and O–H groups in total. The lowest BCUT2D eigenvalue weighted by molar-refractivity contribution is 0.998. The van der Waals surface area contributed by atoms with Crippen LogP contribution in [0.2, 0.25) is 0 Å². The third-order valence-electron chi connectivity index (χ3n) is 1.91. The second kappa shape index (κ2) is 5.05. The van der Waals surface area contributed by atoms with E-state index in [-0.39, 0.29) is 0 Å². The van der Waals surface area contributed by atoms with Gasteiger partial charge in [0.15, 0.2) is 0 Å². The lowest BCUT2D eigenvalue weighted by Crippen LogP contribution is -2.00. The van der Waals surface area contributed by atoms with E-state index in [2.05, 4.69) is 16.5 Å². The van der Waals surface area contributed by atoms with Gasteiger partial charge in [0.1, 0.15) is 5.03 Å². The molecule has 0 aliphatic carbocycles. The van der Waals surface area contributed by atoms with Crippen molar-refractivity contribution in [2.75, 3.05) is 5.73 Å². The summed E-state index contributed by atoms with van der Waals surface area (Å²) in [6, 6.07) is 2.02. The Morgan fingerprint density at radius 1 is 1.43 bits per heavy atom. The van der Waals surface area contributed by atoms with Crippen molar-refractivity contribution in [3.8, 4) is 0 Å². The SMILES string of the molecule is CC.Cc1nc2c(cc1N)CC=CS2. The summed E-state index contributed by atoms with van der Waals surface area (Å²) in [5.41, 5.74) is 8.71. The van der Waals surface area contributed by atoms with Crippen LogP contribution in [0, 0.1) is 6.92 Å². The molecule has 0 amide bonds. The molecule has 0 spiro atoms. The average Bonchev–Trinajstić information content (AvgIpc) is 2.23. The van der Waals surface area contributed by atoms with E-state index in [1.54, 1.807) is 11.8 Å². The topological polar surface area (TPSA) is 38.9 Å². The standard InChI is InChI=1S/C9H10N2S.C2H6/c1-6-8(10)5-7-3-2-4-12-9(7)11-6;1-2/h2,4-5H,3,10H2,1H3;1-2H3. The molecule has 0 bridgehead atoms. The second-order valence-corrected chi connectivity index (χ2v) is 3.72. The van der Waals surface area contributed by atoms with E-state index in [9.17, 15) is 0 Å². The van der Waals surface area contributed by atoms with Gasteiger partial charge in [-0.05, 0) is 30.4 Å². The van der Waals surface area contributed by atoms with E-state index in [4.69, 9.17) is 5.73 Å². The molecule has 0 atom stereocenters. The lowest BCUT2D eigenvalue weighted by Gasteiger charge is -2.11. The van der Waals surface area contributed by atoms with Gasteiger partial charge in [0.25, 0.3) is 0 Å². The third kappa shape index (κ3) is 2.29. The zero-order valence-corrected chi connectivity index (χ0v) is 9.69. The van der Waals surface area contributed by atoms with Crippen molar-refractivity contribution in [3.63, 3.8) is 0 Å². The fourth-order valence-corrected chi connectivity index (χ4v) is 1.98. The molecule has 1 aromatic heterocycles. The van der Waals surface area contributed by atoms with Crippen LogP contribution in [0.1, 0.15) is 25.1 Å². The molecule has 0 radical (unpaired) electrons. The Bertz CT molecular complexity index is 312. The molecule has 0 aromatic carbocycles. The minimum absolute atomic E-state index is 0.796. The van der Waals surface area contributed by atoms with Gasteiger partial charge in [-0.3, -0.25) is 0 Å². The number of aromatic nitrogens is 1. The van der Waals surface area contributed by atoms with Gasteiger partial charge in [0, 0.05) is 0 Å². The smallest absolute Gasteiger partial charge is 0.104 e. The average molecular weight is 208 g/mol. The van der Waals surface area contributed by atoms with Crippen molar-refractivity contribution >= 4 is 17.4 Å². The predicted octanol–water partition coefficient (Wildman–Crippen LogP) is 3.16. The molecule has 1 aliphatic heterocycles. The fourth-order valence-electron chi connectivity index (χ4n) is 1.18. The summed E-state index contributed by atoms with van der Waals surface area (Å²) in [5, 5.41) is 3.18. The first-order valence-corrected chi connectivity index (χ1v) is 5.73. The molecule has 0 fully saturated rings. The Labute approximate surface area is 89.6 Å². The summed E-state index contributed by atoms with van der Waals surface area (Å²) in [4.78, 5) is 4.40. The van der Waals surface area contributed by atoms with Crippen LogP contribution in [0.5, 0.6) is 0 Å². The van der Waals surface area contributed by atoms with Crippen LogP contribution in [0.4, 0.5) is 5.69 Å². The summed E-state index contributed by atoms with van der Waals surface area (Å²) in [5.74, 6) is 0. The fraction of sp³-hybridized carbons (Fsp3) is 0.364. The molecule has 14 heavy (non-hydrogen) atoms. The Balaban J connectivity index is 0.000000461. The summed E-state index contributed by atoms with van der Waals surface area (Å²) < 4.78 is 0. The van der Waals surface area contributed by atoms with Crippen LogP contribution < -0.4 is 5.73 Å². The maximum absolute atomic E-state index is 5.75. The molecular weight excluding hydrogens is 192 g/mol. The number of thioether (sulfide) groups is 1. The molecule has 2 nitrogen and oxygen atoms in total. The highest BCUT2D eigenvalue weighted by Gasteiger charge is 2.08. The molecule has 1 aromatic rings. The summed E-state index contributed by atoms with van der Waals surface area (Å²) in [6.45, 7) is 5.94. The number of hydrogen-bond donors (Lipinski definition) is 1. The summed E-state index contributed by atoms with van der Waals surface area (Å²) in [7, 11) is 0. The van der Waals surface area contributed by atoms with E-state index in [1.807, 2.05) is 26.8 Å². The van der Waals surface area contributed by atoms with Gasteiger partial charge in [-0.2, -0.15) is 0 Å². The van der Waals surface area contributed by atoms with E-state index in [0.717, 1.165) is 22.8 Å². The van der Waals surface area contributed by atoms with Crippen LogP contribution in [-0.2, 0) is 6.42 Å². The van der Waals surface area contributed by atoms with Gasteiger partial charge in [-0.15, -0.1) is 0 Å². The Hall–Kier alpha value is -0.960. The zero-order chi connectivity index (χ0) is 10.6. The maximum atomic E-state index is 5.75. The molecule has 2 heterocycles. The quantitative estimate of drug-likeness (QED) is 0.711. The predicted molar refractivity (Wildman–Crippen MR) is 63.4 cm³/mol. The first kappa shape index (κ1) is 11.1. The highest BCUT2D eigenvalue weighted by Crippen LogP contribution is 2.28. The molecular formula is C11H16N2S. The van der Waals surface area contributed by atoms with Crippen LogP contribution in [0.15, 0.2) is 22.6 Å². The Morgan fingerprint density at radius 3 is 2.86 bits per heavy atom. The number of anilines is 1. The highest BCUT2D eigenvalue weighted by molar-refractivity contribution is 8.02. The largest absolute Gasteiger partial charge is 0.397 e. The number of hydrogen-bond acceptors (Lipinski definition) is 3. The highest BCUT2D eigenvalue weighted by atomic mass is 32.2. The normalized spacial score (nSPS) is 12.8. The number of rotatable bonds is 0. The van der Waals surface area contributed by atoms with Gasteiger partial charge in [-0.1, -0.05) is 31.7 Å². The first-order chi connectivity index (χ1) is 6.77. The van der Waals surface area contributed by atoms with E-state index in [0.29, 0.717) is 0 Å². The van der Waals surface area contributed by atoms with Gasteiger partial charge < -0.3 is 5.73 Å². The van der Waals surface area contributed by atoms with Crippen LogP contribution in [0.3, 0.4) is 0 Å². The van der Waals surface area contributed by atoms with Gasteiger partial charge in [-0.25, -0.2) is 4.98 Å². The van der Waals surface area contributed by atoms with Crippen molar-refractivity contribution in [3.05, 3.63) is 28.8 Å². The molecule has 2 rings (SSSR count). The van der Waals surface area contributed by atoms with Crippen molar-refractivity contribution < 1.29 is 0 Å². The van der Waals surface area contributed by atoms with E-state index in [1.165, 1.54) is 5.56 Å². The van der Waals surface area contributed by atoms with Gasteiger partial charge in [0.2, 0.25) is 0 Å². The maximum Gasteiger partial charge on any atom is 0.104 e. The molecule has 76 valence electrons. The second-order valence-electron chi connectivity index (χ2n) is 2.82. The van der Waals surface area contributed by atoms with E-state index >= 15 is 0 Å². The number of allylic oxidation sites excluding steroid dienone is 1. The Kier molecular flexibility index (Phi) is 4.01. The third-order valence-corrected chi connectivity index (χ3v) is 2.81. The zero-order valence-electron chi connectivity index (χ0n) is 8.87. The van der Waals surface area contributed by atoms with Crippen LogP contribution >= 0.6 is 11.8 Å². The van der Waals surface area contributed by atoms with Crippen molar-refractivity contribution in [2.24, 2.45) is 0 Å². The minimum atomic E-state index is 0.796. The number of nitrogen functional groups attached to an aromatic ring is 1. The van der Waals surface area contributed by atoms with Crippen molar-refractivity contribution in [2.45, 2.75) is 32.2 Å². The lowest BCUT2D eigenvalue weighted by atomic mass is 10.2. The monoisotopic (exact) mass is 208 g/mol. The van der Waals surface area contributed by atoms with Gasteiger partial charge in [0.05, 0.1) is 11.4 Å². The molecule has 0 saturated carbocycles. The molecule has 0 saturated heterocycles. The van der Waals surface area contributed by atoms with Crippen LogP contribution in [0.25, 0.3) is 0 Å². The number of nitrogens with zero attached hydrogens (tertiary/aromatic N) is 1. The van der Waals surface area contributed by atoms with E-state index < -0.39 is 0 Å². The van der Waals surface area contributed by atoms with Gasteiger partial charge >= 0.3 is 0 Å². The number of fused-ring (bicyclic) bond motifs is 1. The molecule has 0 unspecified atom stereocenters. The number of aryl methyl sites for hydroxylation is 1. The first-order valence-electron chi connectivity index (χ1n) is 4.85. The van der Waals surface area contributed by atoms with Crippen molar-refractivity contribution in [1.82, 2.24) is 4.98 Å². The minimum Gasteiger partial charge on any atom is -0.397 e. The Morgan fingerprint density at radius 2 is 2.14 bits per heavy atom. The summed E-state index contributed by atoms with van der Waals surface area (Å²) in [6.07, 6.45) is 3.09. The number of nitrogens with two attached hydrogens (primary N) is 1. The van der Waals surface area contributed by atoms with Crippen LogP contribution in [-0.4, -0.2) is 4.98 Å². The van der Waals surface area contributed by atoms with Crippen molar-refractivity contribution in [1.29, 1.82) is 0 Å².